The number of ether oxygens (including phenoxy) is 1. The van der Waals surface area contributed by atoms with E-state index in [1.54, 1.807) is 6.07 Å². The zero-order valence-electron chi connectivity index (χ0n) is 16.7. The first-order valence-electron chi connectivity index (χ1n) is 9.95. The van der Waals surface area contributed by atoms with Gasteiger partial charge in [0.25, 0.3) is 0 Å². The normalized spacial score (nSPS) is 19.3. The minimum Gasteiger partial charge on any atom is -0.406 e. The zero-order valence-corrected chi connectivity index (χ0v) is 16.7. The Morgan fingerprint density at radius 3 is 2.67 bits per heavy atom. The number of nitrogens with one attached hydrogen (secondary N) is 1. The third kappa shape index (κ3) is 5.62. The van der Waals surface area contributed by atoms with E-state index < -0.39 is 18.2 Å². The van der Waals surface area contributed by atoms with E-state index in [0.29, 0.717) is 24.9 Å². The molecular weight excluding hydrogens is 395 g/mol. The summed E-state index contributed by atoms with van der Waals surface area (Å²) >= 11 is 0. The largest absolute Gasteiger partial charge is 0.573 e. The van der Waals surface area contributed by atoms with Crippen molar-refractivity contribution in [1.29, 1.82) is 0 Å². The lowest BCUT2D eigenvalue weighted by molar-refractivity contribution is -0.274. The molecule has 0 aromatic heterocycles. The van der Waals surface area contributed by atoms with Crippen molar-refractivity contribution in [3.05, 3.63) is 65.2 Å². The van der Waals surface area contributed by atoms with Gasteiger partial charge >= 0.3 is 6.36 Å². The lowest BCUT2D eigenvalue weighted by atomic mass is 9.77. The summed E-state index contributed by atoms with van der Waals surface area (Å²) in [6.45, 7) is 2.39. The van der Waals surface area contributed by atoms with Gasteiger partial charge in [-0.3, -0.25) is 9.59 Å². The molecule has 7 heteroatoms. The molecule has 1 amide bonds. The number of amides is 1. The number of alkyl halides is 3. The highest BCUT2D eigenvalue weighted by Gasteiger charge is 2.38. The topological polar surface area (TPSA) is 55.4 Å². The van der Waals surface area contributed by atoms with Crippen molar-refractivity contribution in [2.45, 2.75) is 44.9 Å². The summed E-state index contributed by atoms with van der Waals surface area (Å²) in [5.74, 6) is -2.28. The van der Waals surface area contributed by atoms with Crippen LogP contribution >= 0.6 is 0 Å². The predicted molar refractivity (Wildman–Crippen MR) is 106 cm³/mol. The number of rotatable bonds is 7. The first-order chi connectivity index (χ1) is 14.2. The van der Waals surface area contributed by atoms with Crippen LogP contribution in [-0.4, -0.2) is 24.6 Å². The molecule has 2 aromatic rings. The summed E-state index contributed by atoms with van der Waals surface area (Å²) in [6.07, 6.45) is -2.74. The van der Waals surface area contributed by atoms with Crippen LogP contribution in [0, 0.1) is 12.8 Å². The van der Waals surface area contributed by atoms with Gasteiger partial charge in [0.1, 0.15) is 17.5 Å². The molecule has 1 aliphatic rings. The smallest absolute Gasteiger partial charge is 0.406 e. The average Bonchev–Trinajstić information content (AvgIpc) is 2.68. The van der Waals surface area contributed by atoms with Crippen molar-refractivity contribution in [2.24, 2.45) is 5.92 Å². The minimum atomic E-state index is -4.80. The number of carbonyl (C=O) groups is 2. The number of carbonyl (C=O) groups excluding carboxylic acids is 2. The van der Waals surface area contributed by atoms with Crippen LogP contribution in [0.25, 0.3) is 0 Å². The molecule has 0 radical (unpaired) electrons. The summed E-state index contributed by atoms with van der Waals surface area (Å²) in [6, 6.07) is 13.5. The molecule has 0 bridgehead atoms. The molecule has 2 unspecified atom stereocenters. The van der Waals surface area contributed by atoms with Crippen molar-refractivity contribution < 1.29 is 27.5 Å². The van der Waals surface area contributed by atoms with E-state index in [0.717, 1.165) is 17.5 Å². The fourth-order valence-electron chi connectivity index (χ4n) is 3.98. The lowest BCUT2D eigenvalue weighted by Crippen LogP contribution is -2.44. The highest BCUT2D eigenvalue weighted by molar-refractivity contribution is 6.02. The molecule has 1 heterocycles. The summed E-state index contributed by atoms with van der Waals surface area (Å²) in [7, 11) is 0. The van der Waals surface area contributed by atoms with Crippen molar-refractivity contribution >= 4 is 11.7 Å². The molecule has 160 valence electrons. The first kappa shape index (κ1) is 21.9. The number of ketones is 1. The second-order valence-corrected chi connectivity index (χ2v) is 7.53. The highest BCUT2D eigenvalue weighted by atomic mass is 19.4. The predicted octanol–water partition coefficient (Wildman–Crippen LogP) is 4.71. The third-order valence-corrected chi connectivity index (χ3v) is 5.44. The van der Waals surface area contributed by atoms with E-state index in [1.165, 1.54) is 18.2 Å². The minimum absolute atomic E-state index is 0.187. The summed E-state index contributed by atoms with van der Waals surface area (Å²) in [5.41, 5.74) is 2.82. The highest BCUT2D eigenvalue weighted by Crippen LogP contribution is 2.35. The van der Waals surface area contributed by atoms with Gasteiger partial charge in [0.15, 0.2) is 0 Å². The zero-order chi connectivity index (χ0) is 21.7. The van der Waals surface area contributed by atoms with Crippen LogP contribution in [0.4, 0.5) is 13.2 Å². The number of piperidine rings is 1. The Bertz CT molecular complexity index is 911. The van der Waals surface area contributed by atoms with Gasteiger partial charge in [-0.25, -0.2) is 0 Å². The molecule has 3 rings (SSSR count). The molecule has 1 aliphatic heterocycles. The Morgan fingerprint density at radius 2 is 1.93 bits per heavy atom. The van der Waals surface area contributed by atoms with Crippen molar-refractivity contribution in [1.82, 2.24) is 5.32 Å². The molecule has 0 saturated carbocycles. The van der Waals surface area contributed by atoms with Gasteiger partial charge < -0.3 is 10.1 Å². The van der Waals surface area contributed by atoms with E-state index in [2.05, 4.69) is 10.1 Å². The van der Waals surface area contributed by atoms with Crippen LogP contribution in [0.1, 0.15) is 41.9 Å². The van der Waals surface area contributed by atoms with E-state index >= 15 is 0 Å². The van der Waals surface area contributed by atoms with Crippen LogP contribution < -0.4 is 10.1 Å². The van der Waals surface area contributed by atoms with Gasteiger partial charge in [-0.1, -0.05) is 36.4 Å². The Balaban J connectivity index is 1.71. The maximum atomic E-state index is 12.9. The van der Waals surface area contributed by atoms with Gasteiger partial charge in [-0.05, 0) is 55.0 Å². The second-order valence-electron chi connectivity index (χ2n) is 7.53. The van der Waals surface area contributed by atoms with Gasteiger partial charge in [0.05, 0.1) is 0 Å². The fraction of sp³-hybridized carbons (Fsp3) is 0.391. The number of halogens is 3. The number of benzene rings is 2. The standard InChI is InChI=1S/C23H24F3NO3/c1-15-6-2-3-7-16(15)8-5-11-20(28)21-19(12-13-27-22(21)29)17-9-4-10-18(14-17)30-23(24,25)26/h2-4,6-7,9-10,14,19,21H,5,8,11-13H2,1H3,(H,27,29). The van der Waals surface area contributed by atoms with E-state index in [9.17, 15) is 22.8 Å². The molecule has 0 aliphatic carbocycles. The van der Waals surface area contributed by atoms with Crippen LogP contribution in [0.2, 0.25) is 0 Å². The van der Waals surface area contributed by atoms with Gasteiger partial charge in [-0.15, -0.1) is 13.2 Å². The van der Waals surface area contributed by atoms with Gasteiger partial charge in [-0.2, -0.15) is 0 Å². The van der Waals surface area contributed by atoms with Gasteiger partial charge in [0, 0.05) is 18.9 Å². The molecule has 1 fully saturated rings. The van der Waals surface area contributed by atoms with Crippen LogP contribution in [0.15, 0.2) is 48.5 Å². The number of hydrogen-bond donors (Lipinski definition) is 1. The van der Waals surface area contributed by atoms with E-state index in [1.807, 2.05) is 31.2 Å². The molecule has 2 aromatic carbocycles. The van der Waals surface area contributed by atoms with E-state index in [-0.39, 0.29) is 23.9 Å². The second kappa shape index (κ2) is 9.32. The third-order valence-electron chi connectivity index (χ3n) is 5.44. The SMILES string of the molecule is Cc1ccccc1CCCC(=O)C1C(=O)NCCC1c1cccc(OC(F)(F)F)c1. The number of aryl methyl sites for hydroxylation is 2. The monoisotopic (exact) mass is 419 g/mol. The van der Waals surface area contributed by atoms with E-state index in [4.69, 9.17) is 0 Å². The Labute approximate surface area is 173 Å². The number of Topliss-reactive ketones (excluding diaryl/α,β-unsaturated/α-hetero) is 1. The first-order valence-corrected chi connectivity index (χ1v) is 9.95. The Hall–Kier alpha value is -2.83. The lowest BCUT2D eigenvalue weighted by Gasteiger charge is -2.30. The summed E-state index contributed by atoms with van der Waals surface area (Å²) in [5, 5.41) is 2.71. The fourth-order valence-corrected chi connectivity index (χ4v) is 3.98. The molecular formula is C23H24F3NO3. The van der Waals surface area contributed by atoms with Gasteiger partial charge in [0.2, 0.25) is 5.91 Å². The summed E-state index contributed by atoms with van der Waals surface area (Å²) in [4.78, 5) is 25.4. The van der Waals surface area contributed by atoms with Crippen LogP contribution in [0.3, 0.4) is 0 Å². The Morgan fingerprint density at radius 1 is 1.17 bits per heavy atom. The van der Waals surface area contributed by atoms with Crippen molar-refractivity contribution in [3.63, 3.8) is 0 Å². The molecule has 1 saturated heterocycles. The molecule has 0 spiro atoms. The average molecular weight is 419 g/mol. The molecule has 1 N–H and O–H groups in total. The van der Waals surface area contributed by atoms with Crippen LogP contribution in [0.5, 0.6) is 5.75 Å². The van der Waals surface area contributed by atoms with Crippen LogP contribution in [-0.2, 0) is 16.0 Å². The van der Waals surface area contributed by atoms with Crippen molar-refractivity contribution in [3.8, 4) is 5.75 Å². The molecule has 30 heavy (non-hydrogen) atoms. The summed E-state index contributed by atoms with van der Waals surface area (Å²) < 4.78 is 41.6. The molecule has 2 atom stereocenters. The maximum Gasteiger partial charge on any atom is 0.573 e. The quantitative estimate of drug-likeness (QED) is 0.662. The Kier molecular flexibility index (Phi) is 6.80. The van der Waals surface area contributed by atoms with Crippen molar-refractivity contribution in [2.75, 3.05) is 6.54 Å². The number of hydrogen-bond acceptors (Lipinski definition) is 3. The maximum absolute atomic E-state index is 12.9. The molecule has 4 nitrogen and oxygen atoms in total.